The van der Waals surface area contributed by atoms with Crippen LogP contribution in [0.2, 0.25) is 0 Å². The van der Waals surface area contributed by atoms with E-state index in [1.807, 2.05) is 11.8 Å². The zero-order valence-electron chi connectivity index (χ0n) is 12.0. The number of rotatable bonds is 7. The Morgan fingerprint density at radius 2 is 1.83 bits per heavy atom. The van der Waals surface area contributed by atoms with Crippen molar-refractivity contribution in [3.63, 3.8) is 0 Å². The molecule has 0 spiro atoms. The minimum absolute atomic E-state index is 0.250. The van der Waals surface area contributed by atoms with Gasteiger partial charge >= 0.3 is 0 Å². The van der Waals surface area contributed by atoms with Crippen LogP contribution < -0.4 is 11.1 Å². The molecule has 0 saturated heterocycles. The van der Waals surface area contributed by atoms with E-state index in [1.165, 1.54) is 10.6 Å². The van der Waals surface area contributed by atoms with Crippen molar-refractivity contribution in [3.05, 3.63) is 24.3 Å². The van der Waals surface area contributed by atoms with Gasteiger partial charge in [0, 0.05) is 22.4 Å². The van der Waals surface area contributed by atoms with Crippen LogP contribution in [0, 0.1) is 5.41 Å². The predicted octanol–water partition coefficient (Wildman–Crippen LogP) is 3.97. The summed E-state index contributed by atoms with van der Waals surface area (Å²) in [7, 11) is 0. The molecular weight excluding hydrogens is 240 g/mol. The molecule has 0 saturated carbocycles. The molecule has 0 aliphatic carbocycles. The smallest absolute Gasteiger partial charge is 0.0341 e. The van der Waals surface area contributed by atoms with Crippen LogP contribution in [-0.4, -0.2) is 18.3 Å². The van der Waals surface area contributed by atoms with E-state index in [0.717, 1.165) is 19.5 Å². The van der Waals surface area contributed by atoms with Crippen LogP contribution in [0.25, 0.3) is 0 Å². The van der Waals surface area contributed by atoms with Crippen LogP contribution in [0.15, 0.2) is 29.2 Å². The number of anilines is 1. The Labute approximate surface area is 116 Å². The second kappa shape index (κ2) is 7.05. The lowest BCUT2D eigenvalue weighted by atomic mass is 9.89. The van der Waals surface area contributed by atoms with Crippen molar-refractivity contribution < 1.29 is 0 Å². The van der Waals surface area contributed by atoms with Gasteiger partial charge in [0.1, 0.15) is 0 Å². The number of nitrogens with one attached hydrogen (secondary N) is 1. The van der Waals surface area contributed by atoms with Gasteiger partial charge in [-0.25, -0.2) is 0 Å². The normalized spacial score (nSPS) is 11.9. The van der Waals surface area contributed by atoms with Gasteiger partial charge in [-0.2, -0.15) is 0 Å². The highest BCUT2D eigenvalue weighted by molar-refractivity contribution is 7.99. The zero-order chi connectivity index (χ0) is 13.6. The van der Waals surface area contributed by atoms with Crippen LogP contribution in [0.4, 0.5) is 5.69 Å². The summed E-state index contributed by atoms with van der Waals surface area (Å²) in [6.07, 6.45) is 1.04. The summed E-state index contributed by atoms with van der Waals surface area (Å²) in [4.78, 5) is 1.33. The lowest BCUT2D eigenvalue weighted by molar-refractivity contribution is 0.365. The third kappa shape index (κ3) is 5.78. The van der Waals surface area contributed by atoms with E-state index in [4.69, 9.17) is 5.73 Å². The molecule has 0 heterocycles. The molecule has 3 N–H and O–H groups in total. The Morgan fingerprint density at radius 1 is 1.22 bits per heavy atom. The largest absolute Gasteiger partial charge is 0.385 e. The molecule has 0 aliphatic heterocycles. The standard InChI is InChI=1S/C15H26N2S/c1-12(2)18-14-7-5-13(6-8-14)17-11-15(3,4)9-10-16/h5-8,12,17H,9-11,16H2,1-4H3. The fourth-order valence-corrected chi connectivity index (χ4v) is 2.58. The maximum absolute atomic E-state index is 5.62. The second-order valence-corrected chi connectivity index (χ2v) is 7.40. The molecule has 102 valence electrons. The Hall–Kier alpha value is -0.670. The summed E-state index contributed by atoms with van der Waals surface area (Å²) < 4.78 is 0. The quantitative estimate of drug-likeness (QED) is 0.733. The van der Waals surface area contributed by atoms with Crippen LogP contribution in [0.3, 0.4) is 0 Å². The molecule has 0 atom stereocenters. The lowest BCUT2D eigenvalue weighted by Gasteiger charge is -2.24. The molecule has 0 radical (unpaired) electrons. The summed E-state index contributed by atoms with van der Waals surface area (Å²) >= 11 is 1.89. The van der Waals surface area contributed by atoms with Crippen LogP contribution >= 0.6 is 11.8 Å². The molecule has 0 unspecified atom stereocenters. The maximum Gasteiger partial charge on any atom is 0.0341 e. The zero-order valence-corrected chi connectivity index (χ0v) is 12.8. The van der Waals surface area contributed by atoms with Gasteiger partial charge in [-0.3, -0.25) is 0 Å². The van der Waals surface area contributed by atoms with Gasteiger partial charge in [0.05, 0.1) is 0 Å². The van der Waals surface area contributed by atoms with Crippen LogP contribution in [0.5, 0.6) is 0 Å². The van der Waals surface area contributed by atoms with Crippen molar-refractivity contribution in [3.8, 4) is 0 Å². The summed E-state index contributed by atoms with van der Waals surface area (Å²) in [5, 5.41) is 4.12. The van der Waals surface area contributed by atoms with Crippen LogP contribution in [-0.2, 0) is 0 Å². The van der Waals surface area contributed by atoms with Gasteiger partial charge in [-0.05, 0) is 42.6 Å². The van der Waals surface area contributed by atoms with Crippen molar-refractivity contribution in [2.75, 3.05) is 18.4 Å². The molecule has 0 aromatic heterocycles. The molecular formula is C15H26N2S. The minimum atomic E-state index is 0.250. The third-order valence-electron chi connectivity index (χ3n) is 2.82. The average Bonchev–Trinajstić information content (AvgIpc) is 2.27. The number of benzene rings is 1. The van der Waals surface area contributed by atoms with Crippen molar-refractivity contribution in [2.45, 2.75) is 44.3 Å². The van der Waals surface area contributed by atoms with Crippen molar-refractivity contribution >= 4 is 17.4 Å². The monoisotopic (exact) mass is 266 g/mol. The van der Waals surface area contributed by atoms with E-state index in [9.17, 15) is 0 Å². The molecule has 3 heteroatoms. The van der Waals surface area contributed by atoms with E-state index in [2.05, 4.69) is 57.3 Å². The van der Waals surface area contributed by atoms with Gasteiger partial charge in [0.25, 0.3) is 0 Å². The molecule has 0 bridgehead atoms. The lowest BCUT2D eigenvalue weighted by Crippen LogP contribution is -2.26. The molecule has 0 amide bonds. The molecule has 1 aromatic rings. The van der Waals surface area contributed by atoms with Gasteiger partial charge in [0.2, 0.25) is 0 Å². The average molecular weight is 266 g/mol. The summed E-state index contributed by atoms with van der Waals surface area (Å²) in [5.74, 6) is 0. The first kappa shape index (κ1) is 15.4. The van der Waals surface area contributed by atoms with Gasteiger partial charge in [-0.1, -0.05) is 27.7 Å². The van der Waals surface area contributed by atoms with E-state index in [0.29, 0.717) is 5.25 Å². The topological polar surface area (TPSA) is 38.0 Å². The second-order valence-electron chi connectivity index (χ2n) is 5.75. The van der Waals surface area contributed by atoms with Crippen molar-refractivity contribution in [2.24, 2.45) is 11.1 Å². The first-order chi connectivity index (χ1) is 8.43. The number of hydrogen-bond acceptors (Lipinski definition) is 3. The Bertz CT molecular complexity index is 344. The maximum atomic E-state index is 5.62. The first-order valence-corrected chi connectivity index (χ1v) is 7.51. The third-order valence-corrected chi connectivity index (χ3v) is 3.83. The fourth-order valence-electron chi connectivity index (χ4n) is 1.74. The summed E-state index contributed by atoms with van der Waals surface area (Å²) in [6.45, 7) is 10.6. The van der Waals surface area contributed by atoms with Gasteiger partial charge < -0.3 is 11.1 Å². The van der Waals surface area contributed by atoms with E-state index in [-0.39, 0.29) is 5.41 Å². The summed E-state index contributed by atoms with van der Waals surface area (Å²) in [5.41, 5.74) is 7.06. The Morgan fingerprint density at radius 3 is 2.33 bits per heavy atom. The highest BCUT2D eigenvalue weighted by Crippen LogP contribution is 2.25. The number of nitrogens with two attached hydrogens (primary N) is 1. The highest BCUT2D eigenvalue weighted by atomic mass is 32.2. The van der Waals surface area contributed by atoms with E-state index in [1.54, 1.807) is 0 Å². The van der Waals surface area contributed by atoms with Gasteiger partial charge in [0.15, 0.2) is 0 Å². The summed E-state index contributed by atoms with van der Waals surface area (Å²) in [6, 6.07) is 8.68. The van der Waals surface area contributed by atoms with E-state index >= 15 is 0 Å². The minimum Gasteiger partial charge on any atom is -0.385 e. The number of hydrogen-bond donors (Lipinski definition) is 2. The Balaban J connectivity index is 2.48. The molecule has 0 fully saturated rings. The predicted molar refractivity (Wildman–Crippen MR) is 83.4 cm³/mol. The first-order valence-electron chi connectivity index (χ1n) is 6.63. The molecule has 2 nitrogen and oxygen atoms in total. The molecule has 1 aromatic carbocycles. The SMILES string of the molecule is CC(C)Sc1ccc(NCC(C)(C)CCN)cc1. The fraction of sp³-hybridized carbons (Fsp3) is 0.600. The molecule has 18 heavy (non-hydrogen) atoms. The van der Waals surface area contributed by atoms with Gasteiger partial charge in [-0.15, -0.1) is 11.8 Å². The highest BCUT2D eigenvalue weighted by Gasteiger charge is 2.16. The van der Waals surface area contributed by atoms with Crippen molar-refractivity contribution in [1.82, 2.24) is 0 Å². The van der Waals surface area contributed by atoms with Crippen LogP contribution in [0.1, 0.15) is 34.1 Å². The Kier molecular flexibility index (Phi) is 6.03. The van der Waals surface area contributed by atoms with E-state index < -0.39 is 0 Å². The number of thioether (sulfide) groups is 1. The molecule has 0 aliphatic rings. The van der Waals surface area contributed by atoms with Crippen molar-refractivity contribution in [1.29, 1.82) is 0 Å². The molecule has 1 rings (SSSR count).